The normalized spacial score (nSPS) is 17.8. The number of ketones is 1. The Morgan fingerprint density at radius 1 is 0.903 bits per heavy atom. The summed E-state index contributed by atoms with van der Waals surface area (Å²) in [4.78, 5) is 11.4. The fourth-order valence-corrected chi connectivity index (χ4v) is 5.00. The second kappa shape index (κ2) is 7.97. The van der Waals surface area contributed by atoms with Crippen LogP contribution in [-0.2, 0) is 27.2 Å². The Kier molecular flexibility index (Phi) is 6.00. The van der Waals surface area contributed by atoms with E-state index in [2.05, 4.69) is 15.9 Å². The molecule has 0 fully saturated rings. The Morgan fingerprint density at radius 3 is 2.00 bits per heavy atom. The molecule has 0 saturated heterocycles. The summed E-state index contributed by atoms with van der Waals surface area (Å²) < 4.78 is 105. The Balaban J connectivity index is 2.09. The maximum absolute atomic E-state index is 13.2. The van der Waals surface area contributed by atoms with Crippen LogP contribution in [0.4, 0.5) is 26.3 Å². The average Bonchev–Trinajstić information content (AvgIpc) is 2.66. The lowest BCUT2D eigenvalue weighted by Gasteiger charge is -2.33. The quantitative estimate of drug-likeness (QED) is 0.481. The fourth-order valence-electron chi connectivity index (χ4n) is 3.02. The number of nitrogens with zero attached hydrogens (tertiary/aromatic N) is 1. The van der Waals surface area contributed by atoms with Crippen LogP contribution in [0.1, 0.15) is 29.2 Å². The summed E-state index contributed by atoms with van der Waals surface area (Å²) >= 11 is 3.09. The third kappa shape index (κ3) is 4.79. The van der Waals surface area contributed by atoms with Gasteiger partial charge >= 0.3 is 12.4 Å². The molecule has 31 heavy (non-hydrogen) atoms. The van der Waals surface area contributed by atoms with E-state index in [1.54, 1.807) is 0 Å². The zero-order valence-electron chi connectivity index (χ0n) is 15.2. The topological polar surface area (TPSA) is 54.5 Å². The molecule has 1 atom stereocenters. The predicted molar refractivity (Wildman–Crippen MR) is 101 cm³/mol. The van der Waals surface area contributed by atoms with Crippen molar-refractivity contribution in [2.24, 2.45) is 0 Å². The Bertz CT molecular complexity index is 1140. The molecule has 0 radical (unpaired) electrons. The van der Waals surface area contributed by atoms with Crippen LogP contribution >= 0.6 is 15.9 Å². The van der Waals surface area contributed by atoms with Crippen molar-refractivity contribution in [3.8, 4) is 0 Å². The van der Waals surface area contributed by atoms with Crippen molar-refractivity contribution in [3.05, 3.63) is 75.9 Å². The number of carbonyl (C=O) groups is 1. The van der Waals surface area contributed by atoms with Crippen LogP contribution in [0.5, 0.6) is 0 Å². The van der Waals surface area contributed by atoms with Gasteiger partial charge in [-0.05, 0) is 54.1 Å². The molecular weight excluding hydrogens is 516 g/mol. The maximum atomic E-state index is 13.2. The highest BCUT2D eigenvalue weighted by molar-refractivity contribution is 9.10. The number of benzene rings is 2. The van der Waals surface area contributed by atoms with E-state index in [4.69, 9.17) is 0 Å². The minimum atomic E-state index is -4.71. The fraction of sp³-hybridized carbons (Fsp3) is 0.211. The standard InChI is InChI=1S/C19H12BrF6NO3S/c20-16-6-3-12(19(24,25)26)9-15(16)17-10-13(28)7-8-27(17)31(29,30)14-4-1-11(2-5-14)18(21,22)23/h1-9,17H,10H2. The number of rotatable bonds is 3. The highest BCUT2D eigenvalue weighted by Crippen LogP contribution is 2.40. The van der Waals surface area contributed by atoms with E-state index >= 15 is 0 Å². The van der Waals surface area contributed by atoms with Crippen molar-refractivity contribution in [2.45, 2.75) is 29.7 Å². The number of alkyl halides is 6. The van der Waals surface area contributed by atoms with Crippen molar-refractivity contribution in [1.29, 1.82) is 0 Å². The van der Waals surface area contributed by atoms with Gasteiger partial charge in [0.05, 0.1) is 22.1 Å². The van der Waals surface area contributed by atoms with Crippen LogP contribution in [0.15, 0.2) is 64.1 Å². The molecule has 1 aliphatic heterocycles. The molecule has 166 valence electrons. The first-order chi connectivity index (χ1) is 14.2. The number of carbonyl (C=O) groups excluding carboxylic acids is 1. The van der Waals surface area contributed by atoms with Crippen molar-refractivity contribution in [3.63, 3.8) is 0 Å². The van der Waals surface area contributed by atoms with Gasteiger partial charge in [-0.25, -0.2) is 8.42 Å². The minimum Gasteiger partial charge on any atom is -0.295 e. The smallest absolute Gasteiger partial charge is 0.295 e. The minimum absolute atomic E-state index is 0.108. The summed E-state index contributed by atoms with van der Waals surface area (Å²) in [6.45, 7) is 0. The van der Waals surface area contributed by atoms with Gasteiger partial charge in [0.25, 0.3) is 10.0 Å². The molecule has 12 heteroatoms. The lowest BCUT2D eigenvalue weighted by Crippen LogP contribution is -2.34. The lowest BCUT2D eigenvalue weighted by atomic mass is 9.97. The Hall–Kier alpha value is -2.34. The van der Waals surface area contributed by atoms with E-state index in [1.807, 2.05) is 0 Å². The number of hydrogen-bond donors (Lipinski definition) is 0. The number of allylic oxidation sites excluding steroid dienone is 1. The van der Waals surface area contributed by atoms with Crippen molar-refractivity contribution in [2.75, 3.05) is 0 Å². The van der Waals surface area contributed by atoms with Gasteiger partial charge in [0.15, 0.2) is 5.78 Å². The third-order valence-electron chi connectivity index (χ3n) is 4.55. The second-order valence-electron chi connectivity index (χ2n) is 6.59. The lowest BCUT2D eigenvalue weighted by molar-refractivity contribution is -0.138. The number of hydrogen-bond acceptors (Lipinski definition) is 3. The highest BCUT2D eigenvalue weighted by atomic mass is 79.9. The van der Waals surface area contributed by atoms with Gasteiger partial charge in [0.1, 0.15) is 0 Å². The molecular formula is C19H12BrF6NO3S. The molecule has 2 aromatic rings. The molecule has 1 aliphatic rings. The van der Waals surface area contributed by atoms with Crippen molar-refractivity contribution in [1.82, 2.24) is 4.31 Å². The van der Waals surface area contributed by atoms with Gasteiger partial charge in [-0.15, -0.1) is 0 Å². The summed E-state index contributed by atoms with van der Waals surface area (Å²) in [5.41, 5.74) is -2.21. The molecule has 0 N–H and O–H groups in total. The van der Waals surface area contributed by atoms with Gasteiger partial charge in [-0.3, -0.25) is 9.10 Å². The van der Waals surface area contributed by atoms with Gasteiger partial charge in [-0.1, -0.05) is 15.9 Å². The van der Waals surface area contributed by atoms with Crippen LogP contribution in [0, 0.1) is 0 Å². The molecule has 1 unspecified atom stereocenters. The number of halogens is 7. The largest absolute Gasteiger partial charge is 0.416 e. The molecule has 0 spiro atoms. The molecule has 2 aromatic carbocycles. The molecule has 0 saturated carbocycles. The van der Waals surface area contributed by atoms with E-state index in [0.29, 0.717) is 16.4 Å². The van der Waals surface area contributed by atoms with Gasteiger partial charge in [-0.2, -0.15) is 26.3 Å². The summed E-state index contributed by atoms with van der Waals surface area (Å²) in [5, 5.41) is 0. The van der Waals surface area contributed by atoms with E-state index in [-0.39, 0.29) is 10.0 Å². The molecule has 0 bridgehead atoms. The van der Waals surface area contributed by atoms with Crippen LogP contribution < -0.4 is 0 Å². The Morgan fingerprint density at radius 2 is 1.45 bits per heavy atom. The first-order valence-electron chi connectivity index (χ1n) is 8.50. The molecule has 0 aliphatic carbocycles. The molecule has 3 rings (SSSR count). The predicted octanol–water partition coefficient (Wildman–Crippen LogP) is 5.71. The SMILES string of the molecule is O=C1C=CN(S(=O)(=O)c2ccc(C(F)(F)F)cc2)C(c2cc(C(F)(F)F)ccc2Br)C1. The monoisotopic (exact) mass is 527 g/mol. The summed E-state index contributed by atoms with van der Waals surface area (Å²) in [5.74, 6) is -0.520. The zero-order chi connectivity index (χ0) is 23.2. The van der Waals surface area contributed by atoms with Crippen molar-refractivity contribution < 1.29 is 39.6 Å². The third-order valence-corrected chi connectivity index (χ3v) is 7.07. The van der Waals surface area contributed by atoms with Gasteiger partial charge < -0.3 is 0 Å². The average molecular weight is 528 g/mol. The van der Waals surface area contributed by atoms with E-state index in [0.717, 1.165) is 42.6 Å². The van der Waals surface area contributed by atoms with Gasteiger partial charge in [0, 0.05) is 17.1 Å². The number of sulfonamides is 1. The van der Waals surface area contributed by atoms with Crippen LogP contribution in [0.3, 0.4) is 0 Å². The Labute approximate surface area is 181 Å². The van der Waals surface area contributed by atoms with Crippen LogP contribution in [-0.4, -0.2) is 18.5 Å². The molecule has 4 nitrogen and oxygen atoms in total. The first kappa shape index (κ1) is 23.3. The summed E-state index contributed by atoms with van der Waals surface area (Å²) in [6.07, 6.45) is -7.99. The van der Waals surface area contributed by atoms with Crippen LogP contribution in [0.25, 0.3) is 0 Å². The molecule has 0 aromatic heterocycles. The van der Waals surface area contributed by atoms with E-state index in [9.17, 15) is 39.6 Å². The second-order valence-corrected chi connectivity index (χ2v) is 9.29. The maximum Gasteiger partial charge on any atom is 0.416 e. The van der Waals surface area contributed by atoms with E-state index in [1.165, 1.54) is 0 Å². The highest BCUT2D eigenvalue weighted by Gasteiger charge is 2.38. The summed E-state index contributed by atoms with van der Waals surface area (Å²) in [7, 11) is -4.49. The molecule has 1 heterocycles. The first-order valence-corrected chi connectivity index (χ1v) is 10.7. The molecule has 0 amide bonds. The van der Waals surface area contributed by atoms with Gasteiger partial charge in [0.2, 0.25) is 0 Å². The summed E-state index contributed by atoms with van der Waals surface area (Å²) in [6, 6.07) is 3.95. The van der Waals surface area contributed by atoms with Crippen LogP contribution in [0.2, 0.25) is 0 Å². The van der Waals surface area contributed by atoms with Crippen molar-refractivity contribution >= 4 is 31.7 Å². The zero-order valence-corrected chi connectivity index (χ0v) is 17.6. The van der Waals surface area contributed by atoms with E-state index < -0.39 is 56.6 Å².